The van der Waals surface area contributed by atoms with Crippen LogP contribution in [-0.2, 0) is 6.42 Å². The maximum absolute atomic E-state index is 10.0. The van der Waals surface area contributed by atoms with Gasteiger partial charge in [-0.2, -0.15) is 0 Å². The maximum Gasteiger partial charge on any atom is 0.0732 e. The summed E-state index contributed by atoms with van der Waals surface area (Å²) < 4.78 is 0. The Balaban J connectivity index is 2.26. The molecule has 0 amide bonds. The van der Waals surface area contributed by atoms with Crippen LogP contribution in [0.1, 0.15) is 51.7 Å². The lowest BCUT2D eigenvalue weighted by molar-refractivity contribution is 0.146. The fourth-order valence-electron chi connectivity index (χ4n) is 3.07. The van der Waals surface area contributed by atoms with Crippen molar-refractivity contribution in [2.45, 2.75) is 53.1 Å². The zero-order chi connectivity index (χ0) is 14.0. The predicted molar refractivity (Wildman–Crippen MR) is 82.0 cm³/mol. The Labute approximate surface area is 117 Å². The fraction of sp³-hybridized carbons (Fsp3) is 0.556. The summed E-state index contributed by atoms with van der Waals surface area (Å²) >= 11 is 0. The van der Waals surface area contributed by atoms with Crippen LogP contribution in [0.25, 0.3) is 5.57 Å². The first-order valence-corrected chi connectivity index (χ1v) is 7.34. The molecule has 0 aromatic heterocycles. The van der Waals surface area contributed by atoms with Crippen LogP contribution in [0.4, 0.5) is 0 Å². The highest BCUT2D eigenvalue weighted by atomic mass is 16.3. The molecule has 0 saturated heterocycles. The molecule has 1 heteroatoms. The SMILES string of the molecule is CC(C)Cc1cccc(C2=CC(O)CC(C)(C)C2)c1. The molecule has 1 atom stereocenters. The molecule has 0 aliphatic heterocycles. The molecule has 0 radical (unpaired) electrons. The molecule has 1 aliphatic rings. The van der Waals surface area contributed by atoms with Gasteiger partial charge < -0.3 is 5.11 Å². The quantitative estimate of drug-likeness (QED) is 0.849. The number of benzene rings is 1. The summed E-state index contributed by atoms with van der Waals surface area (Å²) in [5.41, 5.74) is 4.17. The van der Waals surface area contributed by atoms with Crippen molar-refractivity contribution in [2.75, 3.05) is 0 Å². The molecular weight excluding hydrogens is 232 g/mol. The highest BCUT2D eigenvalue weighted by Gasteiger charge is 2.28. The molecule has 2 rings (SSSR count). The second kappa shape index (κ2) is 5.50. The van der Waals surface area contributed by atoms with Gasteiger partial charge in [-0.3, -0.25) is 0 Å². The Morgan fingerprint density at radius 2 is 2.05 bits per heavy atom. The summed E-state index contributed by atoms with van der Waals surface area (Å²) in [5, 5.41) is 10.0. The van der Waals surface area contributed by atoms with Crippen molar-refractivity contribution in [1.82, 2.24) is 0 Å². The van der Waals surface area contributed by atoms with Crippen molar-refractivity contribution < 1.29 is 5.11 Å². The highest BCUT2D eigenvalue weighted by Crippen LogP contribution is 2.39. The predicted octanol–water partition coefficient (Wildman–Crippen LogP) is 4.45. The van der Waals surface area contributed by atoms with E-state index in [-0.39, 0.29) is 11.5 Å². The minimum absolute atomic E-state index is 0.192. The van der Waals surface area contributed by atoms with Crippen molar-refractivity contribution in [3.8, 4) is 0 Å². The highest BCUT2D eigenvalue weighted by molar-refractivity contribution is 5.68. The first-order chi connectivity index (χ1) is 8.85. The lowest BCUT2D eigenvalue weighted by Crippen LogP contribution is -2.24. The molecule has 1 nitrogen and oxygen atoms in total. The van der Waals surface area contributed by atoms with Gasteiger partial charge in [0.2, 0.25) is 0 Å². The molecule has 1 N–H and O–H groups in total. The Bertz CT molecular complexity index is 468. The van der Waals surface area contributed by atoms with E-state index >= 15 is 0 Å². The minimum Gasteiger partial charge on any atom is -0.389 e. The molecule has 1 aromatic rings. The first-order valence-electron chi connectivity index (χ1n) is 7.34. The molecule has 0 bridgehead atoms. The van der Waals surface area contributed by atoms with Crippen LogP contribution < -0.4 is 0 Å². The van der Waals surface area contributed by atoms with Crippen LogP contribution in [0.5, 0.6) is 0 Å². The average Bonchev–Trinajstić information content (AvgIpc) is 2.25. The van der Waals surface area contributed by atoms with Gasteiger partial charge in [-0.25, -0.2) is 0 Å². The van der Waals surface area contributed by atoms with Gasteiger partial charge in [-0.05, 0) is 47.3 Å². The van der Waals surface area contributed by atoms with Gasteiger partial charge in [0.15, 0.2) is 0 Å². The first kappa shape index (κ1) is 14.3. The molecule has 0 fully saturated rings. The number of allylic oxidation sites excluding steroid dienone is 1. The minimum atomic E-state index is -0.299. The molecule has 1 aromatic carbocycles. The number of rotatable bonds is 3. The summed E-state index contributed by atoms with van der Waals surface area (Å²) in [4.78, 5) is 0. The second-order valence-corrected chi connectivity index (χ2v) is 7.10. The molecule has 1 unspecified atom stereocenters. The Morgan fingerprint density at radius 3 is 2.68 bits per heavy atom. The zero-order valence-corrected chi connectivity index (χ0v) is 12.6. The van der Waals surface area contributed by atoms with Crippen molar-refractivity contribution in [3.05, 3.63) is 41.5 Å². The average molecular weight is 258 g/mol. The summed E-state index contributed by atoms with van der Waals surface area (Å²) in [7, 11) is 0. The number of aliphatic hydroxyl groups is 1. The van der Waals surface area contributed by atoms with Crippen LogP contribution in [0.2, 0.25) is 0 Å². The third-order valence-corrected chi connectivity index (χ3v) is 3.77. The van der Waals surface area contributed by atoms with Gasteiger partial charge in [-0.15, -0.1) is 0 Å². The van der Waals surface area contributed by atoms with E-state index in [1.165, 1.54) is 16.7 Å². The second-order valence-electron chi connectivity index (χ2n) is 7.10. The maximum atomic E-state index is 10.0. The van der Waals surface area contributed by atoms with Gasteiger partial charge >= 0.3 is 0 Å². The van der Waals surface area contributed by atoms with E-state index in [2.05, 4.69) is 52.0 Å². The number of aliphatic hydroxyl groups excluding tert-OH is 1. The number of hydrogen-bond donors (Lipinski definition) is 1. The fourth-order valence-corrected chi connectivity index (χ4v) is 3.07. The summed E-state index contributed by atoms with van der Waals surface area (Å²) in [6.45, 7) is 8.97. The Kier molecular flexibility index (Phi) is 4.15. The van der Waals surface area contributed by atoms with E-state index in [1.807, 2.05) is 6.08 Å². The molecular formula is C18H26O. The molecule has 1 aliphatic carbocycles. The summed E-state index contributed by atoms with van der Waals surface area (Å²) in [6, 6.07) is 8.81. The molecule has 104 valence electrons. The van der Waals surface area contributed by atoms with Gasteiger partial charge in [-0.1, -0.05) is 58.0 Å². The largest absolute Gasteiger partial charge is 0.389 e. The van der Waals surface area contributed by atoms with Gasteiger partial charge in [0.25, 0.3) is 0 Å². The zero-order valence-electron chi connectivity index (χ0n) is 12.6. The van der Waals surface area contributed by atoms with E-state index in [0.29, 0.717) is 5.92 Å². The third-order valence-electron chi connectivity index (χ3n) is 3.77. The molecule has 0 heterocycles. The van der Waals surface area contributed by atoms with Crippen LogP contribution in [0.15, 0.2) is 30.3 Å². The van der Waals surface area contributed by atoms with E-state index in [9.17, 15) is 5.11 Å². The molecule has 19 heavy (non-hydrogen) atoms. The van der Waals surface area contributed by atoms with Gasteiger partial charge in [0.05, 0.1) is 6.10 Å². The van der Waals surface area contributed by atoms with Crippen molar-refractivity contribution in [3.63, 3.8) is 0 Å². The lowest BCUT2D eigenvalue weighted by atomic mass is 9.74. The third kappa shape index (κ3) is 3.94. The molecule has 0 saturated carbocycles. The standard InChI is InChI=1S/C18H26O/c1-13(2)8-14-6-5-7-15(9-14)16-10-17(19)12-18(3,4)11-16/h5-7,9-10,13,17,19H,8,11-12H2,1-4H3. The Hall–Kier alpha value is -1.08. The van der Waals surface area contributed by atoms with Crippen molar-refractivity contribution in [2.24, 2.45) is 11.3 Å². The normalized spacial score (nSPS) is 22.4. The topological polar surface area (TPSA) is 20.2 Å². The van der Waals surface area contributed by atoms with E-state index in [1.54, 1.807) is 0 Å². The Morgan fingerprint density at radius 1 is 1.32 bits per heavy atom. The van der Waals surface area contributed by atoms with Gasteiger partial charge in [0, 0.05) is 0 Å². The van der Waals surface area contributed by atoms with E-state index in [0.717, 1.165) is 19.3 Å². The lowest BCUT2D eigenvalue weighted by Gasteiger charge is -2.32. The van der Waals surface area contributed by atoms with Crippen molar-refractivity contribution in [1.29, 1.82) is 0 Å². The van der Waals surface area contributed by atoms with Crippen LogP contribution in [0, 0.1) is 11.3 Å². The van der Waals surface area contributed by atoms with E-state index in [4.69, 9.17) is 0 Å². The summed E-state index contributed by atoms with van der Waals surface area (Å²) in [5.74, 6) is 0.678. The number of hydrogen-bond acceptors (Lipinski definition) is 1. The summed E-state index contributed by atoms with van der Waals surface area (Å²) in [6.07, 6.45) is 4.77. The molecule has 0 spiro atoms. The smallest absolute Gasteiger partial charge is 0.0732 e. The monoisotopic (exact) mass is 258 g/mol. The van der Waals surface area contributed by atoms with Crippen LogP contribution >= 0.6 is 0 Å². The van der Waals surface area contributed by atoms with Gasteiger partial charge in [0.1, 0.15) is 0 Å². The van der Waals surface area contributed by atoms with E-state index < -0.39 is 0 Å². The van der Waals surface area contributed by atoms with Crippen molar-refractivity contribution >= 4 is 5.57 Å². The van der Waals surface area contributed by atoms with Crippen LogP contribution in [0.3, 0.4) is 0 Å². The van der Waals surface area contributed by atoms with Crippen LogP contribution in [-0.4, -0.2) is 11.2 Å².